The lowest BCUT2D eigenvalue weighted by atomic mass is 10.2. The summed E-state index contributed by atoms with van der Waals surface area (Å²) in [6.07, 6.45) is 2.08. The van der Waals surface area contributed by atoms with Crippen LogP contribution in [0.2, 0.25) is 0 Å². The van der Waals surface area contributed by atoms with E-state index < -0.39 is 0 Å². The van der Waals surface area contributed by atoms with Crippen molar-refractivity contribution in [3.05, 3.63) is 35.9 Å². The highest BCUT2D eigenvalue weighted by Crippen LogP contribution is 2.40. The van der Waals surface area contributed by atoms with Crippen LogP contribution in [0.25, 0.3) is 0 Å². The molecule has 0 bridgehead atoms. The first kappa shape index (κ1) is 9.30. The molecule has 2 unspecified atom stereocenters. The topological polar surface area (TPSA) is 20.2 Å². The molecule has 1 aromatic rings. The van der Waals surface area contributed by atoms with Crippen molar-refractivity contribution in [1.82, 2.24) is 0 Å². The molecule has 1 saturated carbocycles. The van der Waals surface area contributed by atoms with Gasteiger partial charge in [-0.1, -0.05) is 30.0 Å². The Kier molecular flexibility index (Phi) is 2.86. The summed E-state index contributed by atoms with van der Waals surface area (Å²) in [4.78, 5) is 0. The SMILES string of the molecule is OCCC1CC1C#Cc1ccccc1. The van der Waals surface area contributed by atoms with Crippen molar-refractivity contribution in [2.24, 2.45) is 11.8 Å². The third kappa shape index (κ3) is 2.37. The maximum atomic E-state index is 8.73. The van der Waals surface area contributed by atoms with Gasteiger partial charge in [-0.25, -0.2) is 0 Å². The predicted molar refractivity (Wildman–Crippen MR) is 56.6 cm³/mol. The van der Waals surface area contributed by atoms with Crippen LogP contribution in [0.4, 0.5) is 0 Å². The Morgan fingerprint density at radius 3 is 2.79 bits per heavy atom. The van der Waals surface area contributed by atoms with E-state index in [-0.39, 0.29) is 0 Å². The average molecular weight is 186 g/mol. The molecular formula is C13H14O. The molecule has 2 atom stereocenters. The molecule has 0 aliphatic heterocycles. The predicted octanol–water partition coefficient (Wildman–Crippen LogP) is 2.06. The van der Waals surface area contributed by atoms with Crippen LogP contribution >= 0.6 is 0 Å². The monoisotopic (exact) mass is 186 g/mol. The van der Waals surface area contributed by atoms with E-state index in [1.54, 1.807) is 0 Å². The average Bonchev–Trinajstić information content (AvgIpc) is 2.96. The largest absolute Gasteiger partial charge is 0.396 e. The van der Waals surface area contributed by atoms with E-state index in [4.69, 9.17) is 5.11 Å². The quantitative estimate of drug-likeness (QED) is 0.701. The molecule has 0 spiro atoms. The Morgan fingerprint density at radius 1 is 1.29 bits per heavy atom. The van der Waals surface area contributed by atoms with Crippen LogP contribution in [0, 0.1) is 23.7 Å². The maximum Gasteiger partial charge on any atom is 0.0434 e. The van der Waals surface area contributed by atoms with E-state index in [0.29, 0.717) is 18.4 Å². The van der Waals surface area contributed by atoms with Gasteiger partial charge in [0, 0.05) is 18.1 Å². The number of benzene rings is 1. The van der Waals surface area contributed by atoms with Crippen molar-refractivity contribution < 1.29 is 5.11 Å². The second-order valence-corrected chi connectivity index (χ2v) is 3.75. The first-order valence-electron chi connectivity index (χ1n) is 5.07. The van der Waals surface area contributed by atoms with Crippen LogP contribution in [0.3, 0.4) is 0 Å². The van der Waals surface area contributed by atoms with Crippen molar-refractivity contribution in [2.75, 3.05) is 6.61 Å². The van der Waals surface area contributed by atoms with Gasteiger partial charge < -0.3 is 5.11 Å². The minimum absolute atomic E-state index is 0.300. The Hall–Kier alpha value is -1.26. The van der Waals surface area contributed by atoms with Crippen molar-refractivity contribution in [1.29, 1.82) is 0 Å². The smallest absolute Gasteiger partial charge is 0.0434 e. The lowest BCUT2D eigenvalue weighted by molar-refractivity contribution is 0.278. The second kappa shape index (κ2) is 4.30. The van der Waals surface area contributed by atoms with E-state index in [9.17, 15) is 0 Å². The zero-order valence-electron chi connectivity index (χ0n) is 8.11. The molecule has 1 aliphatic rings. The number of hydrogen-bond acceptors (Lipinski definition) is 1. The highest BCUT2D eigenvalue weighted by atomic mass is 16.3. The number of hydrogen-bond donors (Lipinski definition) is 1. The van der Waals surface area contributed by atoms with Crippen LogP contribution in [-0.2, 0) is 0 Å². The first-order valence-corrected chi connectivity index (χ1v) is 5.07. The lowest BCUT2D eigenvalue weighted by Crippen LogP contribution is -1.85. The van der Waals surface area contributed by atoms with Crippen molar-refractivity contribution >= 4 is 0 Å². The van der Waals surface area contributed by atoms with Gasteiger partial charge in [-0.15, -0.1) is 0 Å². The molecule has 1 aromatic carbocycles. The summed E-state index contributed by atoms with van der Waals surface area (Å²) >= 11 is 0. The van der Waals surface area contributed by atoms with Crippen molar-refractivity contribution in [2.45, 2.75) is 12.8 Å². The molecule has 1 heteroatoms. The highest BCUT2D eigenvalue weighted by molar-refractivity contribution is 5.35. The van der Waals surface area contributed by atoms with Crippen LogP contribution in [0.1, 0.15) is 18.4 Å². The molecule has 1 aliphatic carbocycles. The molecule has 1 nitrogen and oxygen atoms in total. The zero-order valence-corrected chi connectivity index (χ0v) is 8.11. The van der Waals surface area contributed by atoms with Crippen LogP contribution in [0.5, 0.6) is 0 Å². The van der Waals surface area contributed by atoms with E-state index >= 15 is 0 Å². The third-order valence-electron chi connectivity index (χ3n) is 2.60. The number of rotatable bonds is 2. The van der Waals surface area contributed by atoms with Crippen LogP contribution in [0.15, 0.2) is 30.3 Å². The minimum Gasteiger partial charge on any atom is -0.396 e. The molecule has 0 aromatic heterocycles. The molecule has 1 fully saturated rings. The Morgan fingerprint density at radius 2 is 2.07 bits per heavy atom. The van der Waals surface area contributed by atoms with E-state index in [2.05, 4.69) is 11.8 Å². The summed E-state index contributed by atoms with van der Waals surface area (Å²) < 4.78 is 0. The molecule has 0 amide bonds. The van der Waals surface area contributed by atoms with Crippen LogP contribution < -0.4 is 0 Å². The molecule has 72 valence electrons. The molecule has 1 N–H and O–H groups in total. The highest BCUT2D eigenvalue weighted by Gasteiger charge is 2.34. The summed E-state index contributed by atoms with van der Waals surface area (Å²) in [7, 11) is 0. The minimum atomic E-state index is 0.300. The van der Waals surface area contributed by atoms with Crippen molar-refractivity contribution in [3.63, 3.8) is 0 Å². The normalized spacial score (nSPS) is 23.8. The number of aliphatic hydroxyl groups is 1. The standard InChI is InChI=1S/C13H14O/c14-9-8-13-10-12(13)7-6-11-4-2-1-3-5-11/h1-5,12-14H,8-10H2. The fraction of sp³-hybridized carbons (Fsp3) is 0.385. The molecule has 14 heavy (non-hydrogen) atoms. The Balaban J connectivity index is 1.90. The van der Waals surface area contributed by atoms with Gasteiger partial charge >= 0.3 is 0 Å². The molecule has 0 radical (unpaired) electrons. The Labute approximate surface area is 84.8 Å². The first-order chi connectivity index (χ1) is 6.90. The van der Waals surface area contributed by atoms with Gasteiger partial charge in [0.15, 0.2) is 0 Å². The van der Waals surface area contributed by atoms with Gasteiger partial charge in [0.25, 0.3) is 0 Å². The molecule has 0 heterocycles. The van der Waals surface area contributed by atoms with E-state index in [0.717, 1.165) is 12.0 Å². The maximum absolute atomic E-state index is 8.73. The molecule has 0 saturated heterocycles. The summed E-state index contributed by atoms with van der Waals surface area (Å²) in [6.45, 7) is 0.300. The van der Waals surface area contributed by atoms with Gasteiger partial charge in [0.2, 0.25) is 0 Å². The third-order valence-corrected chi connectivity index (χ3v) is 2.60. The fourth-order valence-electron chi connectivity index (χ4n) is 1.61. The summed E-state index contributed by atoms with van der Waals surface area (Å²) in [6, 6.07) is 10.0. The van der Waals surface area contributed by atoms with E-state index in [1.807, 2.05) is 30.3 Å². The lowest BCUT2D eigenvalue weighted by Gasteiger charge is -1.88. The van der Waals surface area contributed by atoms with E-state index in [1.165, 1.54) is 6.42 Å². The molecular weight excluding hydrogens is 172 g/mol. The van der Waals surface area contributed by atoms with Gasteiger partial charge in [-0.05, 0) is 30.9 Å². The van der Waals surface area contributed by atoms with Crippen LogP contribution in [-0.4, -0.2) is 11.7 Å². The Bertz CT molecular complexity index is 344. The van der Waals surface area contributed by atoms with Gasteiger partial charge in [0.1, 0.15) is 0 Å². The summed E-state index contributed by atoms with van der Waals surface area (Å²) in [5.74, 6) is 7.59. The summed E-state index contributed by atoms with van der Waals surface area (Å²) in [5.41, 5.74) is 1.09. The van der Waals surface area contributed by atoms with Crippen molar-refractivity contribution in [3.8, 4) is 11.8 Å². The van der Waals surface area contributed by atoms with Gasteiger partial charge in [-0.3, -0.25) is 0 Å². The second-order valence-electron chi connectivity index (χ2n) is 3.75. The fourth-order valence-corrected chi connectivity index (χ4v) is 1.61. The van der Waals surface area contributed by atoms with Gasteiger partial charge in [-0.2, -0.15) is 0 Å². The zero-order chi connectivity index (χ0) is 9.80. The summed E-state index contributed by atoms with van der Waals surface area (Å²) in [5, 5.41) is 8.73. The number of aliphatic hydroxyl groups excluding tert-OH is 1. The van der Waals surface area contributed by atoms with Gasteiger partial charge in [0.05, 0.1) is 0 Å². The molecule has 2 rings (SSSR count).